The Hall–Kier alpha value is -3.57. The Bertz CT molecular complexity index is 1200. The summed E-state index contributed by atoms with van der Waals surface area (Å²) >= 11 is 6.26. The van der Waals surface area contributed by atoms with Crippen molar-refractivity contribution in [2.24, 2.45) is 0 Å². The van der Waals surface area contributed by atoms with Crippen molar-refractivity contribution in [1.82, 2.24) is 0 Å². The molecule has 156 valence electrons. The topological polar surface area (TPSA) is 58.6 Å². The Morgan fingerprint density at radius 3 is 2.19 bits per heavy atom. The molecule has 0 unspecified atom stereocenters. The second-order valence-corrected chi connectivity index (χ2v) is 7.70. The number of aryl methyl sites for hydroxylation is 1. The average Bonchev–Trinajstić information content (AvgIpc) is 3.01. The van der Waals surface area contributed by atoms with Gasteiger partial charge in [-0.05, 0) is 61.4 Å². The van der Waals surface area contributed by atoms with Crippen molar-refractivity contribution in [3.05, 3.63) is 94.1 Å². The van der Waals surface area contributed by atoms with E-state index in [9.17, 15) is 9.59 Å². The van der Waals surface area contributed by atoms with Crippen molar-refractivity contribution in [3.63, 3.8) is 0 Å². The third kappa shape index (κ3) is 3.80. The highest BCUT2D eigenvalue weighted by atomic mass is 35.5. The molecule has 4 rings (SSSR count). The molecule has 0 aromatic heterocycles. The van der Waals surface area contributed by atoms with Crippen molar-refractivity contribution in [2.45, 2.75) is 13.8 Å². The standard InChI is InChI=1S/C25H21ClN2O3/c1-15-7-9-17(10-8-15)22-23(27-21-6-4-5-20(26)16(21)2)25(30)28(24(22)29)18-11-13-19(31-3)14-12-18/h4-14,27H,1-3H3. The predicted molar refractivity (Wildman–Crippen MR) is 123 cm³/mol. The molecule has 0 bridgehead atoms. The van der Waals surface area contributed by atoms with Gasteiger partial charge >= 0.3 is 0 Å². The molecule has 1 aliphatic rings. The van der Waals surface area contributed by atoms with E-state index in [1.807, 2.05) is 44.2 Å². The third-order valence-electron chi connectivity index (χ3n) is 5.28. The molecule has 6 heteroatoms. The number of benzene rings is 3. The number of imide groups is 1. The van der Waals surface area contributed by atoms with E-state index in [2.05, 4.69) is 5.32 Å². The minimum absolute atomic E-state index is 0.218. The minimum Gasteiger partial charge on any atom is -0.497 e. The molecule has 31 heavy (non-hydrogen) atoms. The molecule has 0 atom stereocenters. The lowest BCUT2D eigenvalue weighted by Gasteiger charge is -2.16. The Balaban J connectivity index is 1.82. The number of nitrogens with zero attached hydrogens (tertiary/aromatic N) is 1. The van der Waals surface area contributed by atoms with Gasteiger partial charge in [-0.25, -0.2) is 4.90 Å². The maximum Gasteiger partial charge on any atom is 0.282 e. The SMILES string of the molecule is COc1ccc(N2C(=O)C(Nc3cccc(Cl)c3C)=C(c3ccc(C)cc3)C2=O)cc1. The fraction of sp³-hybridized carbons (Fsp3) is 0.120. The first-order valence-corrected chi connectivity index (χ1v) is 10.1. The second-order valence-electron chi connectivity index (χ2n) is 7.30. The first-order valence-electron chi connectivity index (χ1n) is 9.77. The highest BCUT2D eigenvalue weighted by Crippen LogP contribution is 2.35. The Morgan fingerprint density at radius 1 is 0.871 bits per heavy atom. The molecule has 0 fully saturated rings. The summed E-state index contributed by atoms with van der Waals surface area (Å²) in [5.74, 6) is -0.172. The molecular weight excluding hydrogens is 412 g/mol. The minimum atomic E-state index is -0.426. The molecule has 0 radical (unpaired) electrons. The van der Waals surface area contributed by atoms with E-state index in [1.165, 1.54) is 4.90 Å². The number of amides is 2. The third-order valence-corrected chi connectivity index (χ3v) is 5.69. The predicted octanol–water partition coefficient (Wildman–Crippen LogP) is 5.36. The van der Waals surface area contributed by atoms with Crippen molar-refractivity contribution in [2.75, 3.05) is 17.3 Å². The lowest BCUT2D eigenvalue weighted by atomic mass is 10.0. The van der Waals surface area contributed by atoms with Gasteiger partial charge in [0, 0.05) is 10.7 Å². The molecule has 0 saturated carbocycles. The normalized spacial score (nSPS) is 13.7. The van der Waals surface area contributed by atoms with Crippen molar-refractivity contribution < 1.29 is 14.3 Å². The molecule has 1 aliphatic heterocycles. The van der Waals surface area contributed by atoms with Gasteiger partial charge in [0.05, 0.1) is 18.4 Å². The Morgan fingerprint density at radius 2 is 1.55 bits per heavy atom. The first-order chi connectivity index (χ1) is 14.9. The highest BCUT2D eigenvalue weighted by molar-refractivity contribution is 6.46. The van der Waals surface area contributed by atoms with Crippen LogP contribution in [0, 0.1) is 13.8 Å². The van der Waals surface area contributed by atoms with E-state index in [4.69, 9.17) is 16.3 Å². The molecule has 5 nitrogen and oxygen atoms in total. The first kappa shape index (κ1) is 20.7. The van der Waals surface area contributed by atoms with Crippen LogP contribution in [0.5, 0.6) is 5.75 Å². The fourth-order valence-electron chi connectivity index (χ4n) is 3.48. The fourth-order valence-corrected chi connectivity index (χ4v) is 3.65. The van der Waals surface area contributed by atoms with Crippen LogP contribution < -0.4 is 15.0 Å². The molecule has 1 N–H and O–H groups in total. The molecule has 0 saturated heterocycles. The van der Waals surface area contributed by atoms with Crippen LogP contribution in [0.25, 0.3) is 5.57 Å². The number of methoxy groups -OCH3 is 1. The number of carbonyl (C=O) groups excluding carboxylic acids is 2. The van der Waals surface area contributed by atoms with Gasteiger partial charge in [-0.3, -0.25) is 9.59 Å². The molecule has 1 heterocycles. The van der Waals surface area contributed by atoms with Gasteiger partial charge < -0.3 is 10.1 Å². The average molecular weight is 433 g/mol. The zero-order chi connectivity index (χ0) is 22.1. The summed E-state index contributed by atoms with van der Waals surface area (Å²) in [4.78, 5) is 28.1. The quantitative estimate of drug-likeness (QED) is 0.551. The highest BCUT2D eigenvalue weighted by Gasteiger charge is 2.40. The largest absolute Gasteiger partial charge is 0.497 e. The Kier molecular flexibility index (Phi) is 5.53. The van der Waals surface area contributed by atoms with E-state index in [-0.39, 0.29) is 11.6 Å². The van der Waals surface area contributed by atoms with Crippen molar-refractivity contribution in [1.29, 1.82) is 0 Å². The number of rotatable bonds is 5. The van der Waals surface area contributed by atoms with Gasteiger partial charge in [0.2, 0.25) is 0 Å². The molecule has 3 aromatic carbocycles. The second kappa shape index (κ2) is 8.28. The summed E-state index contributed by atoms with van der Waals surface area (Å²) < 4.78 is 5.19. The van der Waals surface area contributed by atoms with Gasteiger partial charge in [-0.15, -0.1) is 0 Å². The van der Waals surface area contributed by atoms with Crippen LogP contribution in [0.3, 0.4) is 0 Å². The van der Waals surface area contributed by atoms with Crippen LogP contribution in [-0.2, 0) is 9.59 Å². The zero-order valence-electron chi connectivity index (χ0n) is 17.4. The van der Waals surface area contributed by atoms with Crippen LogP contribution in [0.15, 0.2) is 72.4 Å². The lowest BCUT2D eigenvalue weighted by molar-refractivity contribution is -0.120. The number of hydrogen-bond acceptors (Lipinski definition) is 4. The van der Waals surface area contributed by atoms with Gasteiger partial charge in [-0.2, -0.15) is 0 Å². The number of halogens is 1. The maximum atomic E-state index is 13.5. The zero-order valence-corrected chi connectivity index (χ0v) is 18.2. The maximum absolute atomic E-state index is 13.5. The number of hydrogen-bond donors (Lipinski definition) is 1. The van der Waals surface area contributed by atoms with Crippen LogP contribution in [0.1, 0.15) is 16.7 Å². The van der Waals surface area contributed by atoms with E-state index in [0.29, 0.717) is 33.3 Å². The summed E-state index contributed by atoms with van der Waals surface area (Å²) in [7, 11) is 1.56. The number of anilines is 2. The summed E-state index contributed by atoms with van der Waals surface area (Å²) in [5, 5.41) is 3.75. The molecule has 0 spiro atoms. The smallest absolute Gasteiger partial charge is 0.282 e. The summed E-state index contributed by atoms with van der Waals surface area (Å²) in [6, 6.07) is 19.7. The number of carbonyl (C=O) groups is 2. The van der Waals surface area contributed by atoms with Gasteiger partial charge in [0.1, 0.15) is 11.4 Å². The van der Waals surface area contributed by atoms with Crippen molar-refractivity contribution in [3.8, 4) is 5.75 Å². The van der Waals surface area contributed by atoms with Crippen LogP contribution in [0.4, 0.5) is 11.4 Å². The summed E-state index contributed by atoms with van der Waals surface area (Å²) in [6.45, 7) is 3.83. The van der Waals surface area contributed by atoms with Gasteiger partial charge in [0.25, 0.3) is 11.8 Å². The molecule has 2 amide bonds. The number of ether oxygens (including phenoxy) is 1. The van der Waals surface area contributed by atoms with Crippen LogP contribution in [0.2, 0.25) is 5.02 Å². The van der Waals surface area contributed by atoms with E-state index >= 15 is 0 Å². The van der Waals surface area contributed by atoms with Crippen LogP contribution in [-0.4, -0.2) is 18.9 Å². The van der Waals surface area contributed by atoms with E-state index in [0.717, 1.165) is 11.1 Å². The molecular formula is C25H21ClN2O3. The lowest BCUT2D eigenvalue weighted by Crippen LogP contribution is -2.32. The summed E-state index contributed by atoms with van der Waals surface area (Å²) in [6.07, 6.45) is 0. The monoisotopic (exact) mass is 432 g/mol. The van der Waals surface area contributed by atoms with Crippen LogP contribution >= 0.6 is 11.6 Å². The molecule has 3 aromatic rings. The van der Waals surface area contributed by atoms with E-state index in [1.54, 1.807) is 43.5 Å². The summed E-state index contributed by atoms with van der Waals surface area (Å²) in [5.41, 5.74) is 4.21. The van der Waals surface area contributed by atoms with Gasteiger partial charge in [-0.1, -0.05) is 47.5 Å². The number of nitrogens with one attached hydrogen (secondary N) is 1. The van der Waals surface area contributed by atoms with E-state index < -0.39 is 5.91 Å². The Labute approximate surface area is 185 Å². The van der Waals surface area contributed by atoms with Crippen molar-refractivity contribution >= 4 is 40.4 Å². The van der Waals surface area contributed by atoms with Gasteiger partial charge in [0.15, 0.2) is 0 Å². The molecule has 0 aliphatic carbocycles.